The molecule has 0 amide bonds. The summed E-state index contributed by atoms with van der Waals surface area (Å²) in [4.78, 5) is 34.6. The van der Waals surface area contributed by atoms with Crippen LogP contribution in [0.3, 0.4) is 0 Å². The number of hydrogen-bond donors (Lipinski definition) is 2. The maximum Gasteiger partial charge on any atom is 0.326 e. The standard InChI is InChI=1S/C5H4N2O4.2H2N.Pt/c8-3-1-2(4(9)10)6-5(11)7-3;;;/h1H,(H,9,10)(H2,6,7,8,11);2*1H2;/q;2*-1;/p-1. The van der Waals surface area contributed by atoms with Crippen LogP contribution in [0.4, 0.5) is 0 Å². The van der Waals surface area contributed by atoms with Gasteiger partial charge in [-0.3, -0.25) is 9.78 Å². The summed E-state index contributed by atoms with van der Waals surface area (Å²) in [6, 6.07) is 0.733. The van der Waals surface area contributed by atoms with Crippen LogP contribution in [0.25, 0.3) is 12.3 Å². The number of nitrogens with one attached hydrogen (secondary N) is 2. The number of nitrogens with two attached hydrogens (primary N) is 2. The van der Waals surface area contributed by atoms with Crippen LogP contribution in [0.2, 0.25) is 0 Å². The van der Waals surface area contributed by atoms with Gasteiger partial charge in [0.15, 0.2) is 0 Å². The first kappa shape index (κ1) is 18.5. The third kappa shape index (κ3) is 4.70. The number of carboxylic acid groups (broad SMARTS) is 1. The molecule has 14 heavy (non-hydrogen) atoms. The smallest absolute Gasteiger partial charge is 0.326 e. The quantitative estimate of drug-likeness (QED) is 0.625. The minimum atomic E-state index is -1.59. The Labute approximate surface area is 92.2 Å². The van der Waals surface area contributed by atoms with Crippen LogP contribution in [0.5, 0.6) is 0 Å². The fourth-order valence-electron chi connectivity index (χ4n) is 0.579. The first-order chi connectivity index (χ1) is 5.09. The van der Waals surface area contributed by atoms with Gasteiger partial charge in [-0.2, -0.15) is 0 Å². The first-order valence-corrected chi connectivity index (χ1v) is 2.64. The average molecular weight is 382 g/mol. The van der Waals surface area contributed by atoms with E-state index in [1.54, 1.807) is 0 Å². The van der Waals surface area contributed by atoms with Gasteiger partial charge in [0.2, 0.25) is 0 Å². The number of H-pyrrole nitrogens is 2. The molecule has 9 heteroatoms. The molecule has 0 bridgehead atoms. The van der Waals surface area contributed by atoms with Crippen molar-refractivity contribution in [3.8, 4) is 0 Å². The van der Waals surface area contributed by atoms with Crippen LogP contribution in [0.1, 0.15) is 10.5 Å². The Morgan fingerprint density at radius 1 is 1.21 bits per heavy atom. The summed E-state index contributed by atoms with van der Waals surface area (Å²) in [6.45, 7) is 0. The second-order valence-electron chi connectivity index (χ2n) is 1.79. The first-order valence-electron chi connectivity index (χ1n) is 2.64. The van der Waals surface area contributed by atoms with Crippen LogP contribution < -0.4 is 16.4 Å². The van der Waals surface area contributed by atoms with E-state index in [2.05, 4.69) is 0 Å². The van der Waals surface area contributed by atoms with E-state index >= 15 is 0 Å². The minimum absolute atomic E-state index is 0. The van der Waals surface area contributed by atoms with Gasteiger partial charge in [0.05, 0.1) is 11.7 Å². The van der Waals surface area contributed by atoms with Gasteiger partial charge in [-0.1, -0.05) is 0 Å². The molecule has 1 aromatic rings. The molecule has 1 rings (SSSR count). The number of hydrogen-bond acceptors (Lipinski definition) is 4. The van der Waals surface area contributed by atoms with E-state index in [0.717, 1.165) is 6.07 Å². The zero-order valence-corrected chi connectivity index (χ0v) is 8.95. The van der Waals surface area contributed by atoms with Crippen LogP contribution in [-0.2, 0) is 21.1 Å². The van der Waals surface area contributed by atoms with Gasteiger partial charge in [0.25, 0.3) is 5.56 Å². The number of rotatable bonds is 1. The predicted octanol–water partition coefficient (Wildman–Crippen LogP) is -1.14. The molecule has 0 saturated carbocycles. The Bertz CT molecular complexity index is 369. The molecule has 0 atom stereocenters. The summed E-state index contributed by atoms with van der Waals surface area (Å²) in [5, 5.41) is 10.1. The van der Waals surface area contributed by atoms with Crippen LogP contribution >= 0.6 is 0 Å². The molecule has 0 aliphatic heterocycles. The maximum atomic E-state index is 10.4. The third-order valence-electron chi connectivity index (χ3n) is 0.980. The number of aromatic nitrogens is 2. The molecule has 0 aliphatic carbocycles. The maximum absolute atomic E-state index is 10.4. The normalized spacial score (nSPS) is 7.43. The molecule has 0 saturated heterocycles. The second-order valence-corrected chi connectivity index (χ2v) is 1.79. The van der Waals surface area contributed by atoms with E-state index in [-0.39, 0.29) is 33.4 Å². The number of carbonyl (C=O) groups is 1. The van der Waals surface area contributed by atoms with E-state index in [1.807, 2.05) is 9.97 Å². The zero-order valence-electron chi connectivity index (χ0n) is 6.68. The van der Waals surface area contributed by atoms with Crippen molar-refractivity contribution in [1.29, 1.82) is 0 Å². The molecular formula is C5H7N4O4Pt-3. The van der Waals surface area contributed by atoms with Gasteiger partial charge in [0, 0.05) is 27.1 Å². The SMILES string of the molecule is O=C([O-])c1cc(=O)[nH]c(=O)[nH]1.[NH2-].[NH2-].[Pt]. The molecule has 0 aliphatic rings. The van der Waals surface area contributed by atoms with Gasteiger partial charge in [0.1, 0.15) is 0 Å². The third-order valence-corrected chi connectivity index (χ3v) is 0.980. The van der Waals surface area contributed by atoms with E-state index in [0.29, 0.717) is 0 Å². The van der Waals surface area contributed by atoms with Crippen molar-refractivity contribution in [2.75, 3.05) is 0 Å². The Morgan fingerprint density at radius 3 is 2.07 bits per heavy atom. The van der Waals surface area contributed by atoms with Crippen molar-refractivity contribution in [1.82, 2.24) is 9.97 Å². The Balaban J connectivity index is -0.000000403. The summed E-state index contributed by atoms with van der Waals surface area (Å²) >= 11 is 0. The van der Waals surface area contributed by atoms with Crippen molar-refractivity contribution < 1.29 is 31.0 Å². The zero-order chi connectivity index (χ0) is 8.43. The van der Waals surface area contributed by atoms with Gasteiger partial charge in [-0.25, -0.2) is 4.79 Å². The topological polar surface area (TPSA) is 173 Å². The Morgan fingerprint density at radius 2 is 1.71 bits per heavy atom. The van der Waals surface area contributed by atoms with Crippen LogP contribution in [-0.4, -0.2) is 15.9 Å². The molecule has 84 valence electrons. The van der Waals surface area contributed by atoms with Gasteiger partial charge >= 0.3 is 5.69 Å². The average Bonchev–Trinajstić information content (AvgIpc) is 1.85. The van der Waals surface area contributed by atoms with Crippen molar-refractivity contribution in [3.63, 3.8) is 0 Å². The summed E-state index contributed by atoms with van der Waals surface area (Å²) in [6.07, 6.45) is 0. The fraction of sp³-hybridized carbons (Fsp3) is 0. The predicted molar refractivity (Wildman–Crippen MR) is 42.6 cm³/mol. The van der Waals surface area contributed by atoms with Crippen molar-refractivity contribution in [2.45, 2.75) is 0 Å². The van der Waals surface area contributed by atoms with E-state index in [4.69, 9.17) is 0 Å². The number of carbonyl (C=O) groups excluding carboxylic acids is 1. The summed E-state index contributed by atoms with van der Waals surface area (Å²) in [7, 11) is 0. The molecule has 8 nitrogen and oxygen atoms in total. The van der Waals surface area contributed by atoms with E-state index < -0.39 is 22.9 Å². The fourth-order valence-corrected chi connectivity index (χ4v) is 0.579. The molecular weight excluding hydrogens is 375 g/mol. The molecule has 0 fully saturated rings. The van der Waals surface area contributed by atoms with E-state index in [9.17, 15) is 19.5 Å². The van der Waals surface area contributed by atoms with Crippen molar-refractivity contribution in [3.05, 3.63) is 44.9 Å². The van der Waals surface area contributed by atoms with E-state index in [1.165, 1.54) is 0 Å². The summed E-state index contributed by atoms with van der Waals surface area (Å²) < 4.78 is 0. The molecule has 1 aromatic heterocycles. The molecule has 0 spiro atoms. The van der Waals surface area contributed by atoms with Gasteiger partial charge in [-0.15, -0.1) is 0 Å². The molecule has 0 unspecified atom stereocenters. The molecule has 1 heterocycles. The van der Waals surface area contributed by atoms with Crippen LogP contribution in [0.15, 0.2) is 15.7 Å². The number of carboxylic acids is 1. The summed E-state index contributed by atoms with van der Waals surface area (Å²) in [5.74, 6) is -1.59. The molecule has 0 aromatic carbocycles. The van der Waals surface area contributed by atoms with Gasteiger partial charge in [-0.05, 0) is 0 Å². The second kappa shape index (κ2) is 7.19. The monoisotopic (exact) mass is 382 g/mol. The number of aromatic amines is 2. The van der Waals surface area contributed by atoms with Crippen LogP contribution in [0, 0.1) is 0 Å². The summed E-state index contributed by atoms with van der Waals surface area (Å²) in [5.41, 5.74) is -2.16. The Kier molecular flexibility index (Phi) is 9.51. The van der Waals surface area contributed by atoms with Gasteiger partial charge < -0.3 is 27.2 Å². The minimum Gasteiger partial charge on any atom is -0.693 e. The van der Waals surface area contributed by atoms with Crippen molar-refractivity contribution in [2.24, 2.45) is 0 Å². The largest absolute Gasteiger partial charge is 0.693 e. The Hall–Kier alpha value is -1.24. The molecule has 0 radical (unpaired) electrons. The number of aromatic carboxylic acids is 1. The molecule has 6 N–H and O–H groups in total. The van der Waals surface area contributed by atoms with Crippen molar-refractivity contribution >= 4 is 5.97 Å².